The summed E-state index contributed by atoms with van der Waals surface area (Å²) in [6.45, 7) is -0.681. The summed E-state index contributed by atoms with van der Waals surface area (Å²) in [4.78, 5) is 51.5. The maximum Gasteiger partial charge on any atom is 0.353 e. The Labute approximate surface area is 199 Å². The summed E-state index contributed by atoms with van der Waals surface area (Å²) in [5.41, 5.74) is -2.37. The molecule has 2 aliphatic heterocycles. The van der Waals surface area contributed by atoms with Crippen molar-refractivity contribution in [2.24, 2.45) is 0 Å². The van der Waals surface area contributed by atoms with Crippen LogP contribution in [-0.4, -0.2) is 70.3 Å². The molecule has 0 radical (unpaired) electrons. The maximum atomic E-state index is 12.9. The van der Waals surface area contributed by atoms with Gasteiger partial charge in [-0.05, 0) is 24.3 Å². The Morgan fingerprint density at radius 3 is 2.20 bits per heavy atom. The van der Waals surface area contributed by atoms with E-state index in [4.69, 9.17) is 23.7 Å². The number of aliphatic hydroxyl groups is 1. The minimum absolute atomic E-state index is 0.0716. The number of hydrogen-bond donors (Lipinski definition) is 2. The van der Waals surface area contributed by atoms with Crippen molar-refractivity contribution in [3.05, 3.63) is 35.4 Å². The van der Waals surface area contributed by atoms with Gasteiger partial charge in [-0.25, -0.2) is 4.79 Å². The Hall–Kier alpha value is -4.32. The SMILES string of the molecule is COc1ccc2c(c1OC)NC(=O)C2(O)C(=O)OCCN1C(=O)C(=O)c2ccc(OC)c(OC)c21. The Morgan fingerprint density at radius 2 is 1.57 bits per heavy atom. The van der Waals surface area contributed by atoms with Gasteiger partial charge in [0, 0.05) is 5.56 Å². The van der Waals surface area contributed by atoms with Gasteiger partial charge in [-0.15, -0.1) is 0 Å². The smallest absolute Gasteiger partial charge is 0.353 e. The van der Waals surface area contributed by atoms with Gasteiger partial charge in [-0.1, -0.05) is 0 Å². The number of fused-ring (bicyclic) bond motifs is 2. The van der Waals surface area contributed by atoms with E-state index in [1.807, 2.05) is 0 Å². The maximum absolute atomic E-state index is 12.9. The van der Waals surface area contributed by atoms with Crippen LogP contribution < -0.4 is 29.2 Å². The molecule has 35 heavy (non-hydrogen) atoms. The normalized spacial score (nSPS) is 18.1. The van der Waals surface area contributed by atoms with Crippen LogP contribution in [0.1, 0.15) is 15.9 Å². The van der Waals surface area contributed by atoms with Crippen LogP contribution in [0.15, 0.2) is 24.3 Å². The van der Waals surface area contributed by atoms with Crippen LogP contribution in [0.3, 0.4) is 0 Å². The van der Waals surface area contributed by atoms with Gasteiger partial charge in [-0.3, -0.25) is 19.3 Å². The van der Waals surface area contributed by atoms with Gasteiger partial charge in [0.1, 0.15) is 12.3 Å². The summed E-state index contributed by atoms with van der Waals surface area (Å²) in [5, 5.41) is 13.4. The molecule has 2 aliphatic rings. The highest BCUT2D eigenvalue weighted by molar-refractivity contribution is 6.52. The second-order valence-corrected chi connectivity index (χ2v) is 7.51. The molecule has 12 heteroatoms. The van der Waals surface area contributed by atoms with Crippen LogP contribution >= 0.6 is 0 Å². The molecule has 1 unspecified atom stereocenters. The van der Waals surface area contributed by atoms with Gasteiger partial charge in [0.15, 0.2) is 23.0 Å². The van der Waals surface area contributed by atoms with Crippen LogP contribution in [0, 0.1) is 0 Å². The molecule has 4 rings (SSSR count). The summed E-state index contributed by atoms with van der Waals surface area (Å²) in [7, 11) is 5.51. The molecule has 2 aromatic carbocycles. The van der Waals surface area contributed by atoms with E-state index in [1.54, 1.807) is 0 Å². The van der Waals surface area contributed by atoms with Crippen LogP contribution in [0.25, 0.3) is 0 Å². The number of nitrogens with zero attached hydrogens (tertiary/aromatic N) is 1. The second kappa shape index (κ2) is 8.80. The lowest BCUT2D eigenvalue weighted by molar-refractivity contribution is -0.169. The molecule has 0 bridgehead atoms. The van der Waals surface area contributed by atoms with Crippen LogP contribution in [0.2, 0.25) is 0 Å². The molecule has 2 amide bonds. The van der Waals surface area contributed by atoms with E-state index in [9.17, 15) is 24.3 Å². The number of Topliss-reactive ketones (excluding diaryl/α,β-unsaturated/α-hetero) is 1. The lowest BCUT2D eigenvalue weighted by Gasteiger charge is -2.22. The molecule has 0 aliphatic carbocycles. The number of methoxy groups -OCH3 is 4. The third kappa shape index (κ3) is 3.41. The molecule has 0 saturated carbocycles. The van der Waals surface area contributed by atoms with E-state index in [0.717, 1.165) is 4.90 Å². The molecule has 0 aromatic heterocycles. The molecule has 1 atom stereocenters. The number of rotatable bonds is 8. The van der Waals surface area contributed by atoms with Crippen molar-refractivity contribution >= 4 is 34.9 Å². The quantitative estimate of drug-likeness (QED) is 0.309. The topological polar surface area (TPSA) is 150 Å². The van der Waals surface area contributed by atoms with Gasteiger partial charge < -0.3 is 34.1 Å². The summed E-state index contributed by atoms with van der Waals surface area (Å²) in [6.07, 6.45) is 0. The molecular weight excluding hydrogens is 464 g/mol. The fraction of sp³-hybridized carbons (Fsp3) is 0.304. The largest absolute Gasteiger partial charge is 0.493 e. The third-order valence-corrected chi connectivity index (χ3v) is 5.82. The first-order valence-corrected chi connectivity index (χ1v) is 10.3. The third-order valence-electron chi connectivity index (χ3n) is 5.82. The Bertz CT molecular complexity index is 1260. The number of carbonyl (C=O) groups is 4. The molecule has 2 N–H and O–H groups in total. The van der Waals surface area contributed by atoms with Crippen molar-refractivity contribution < 1.29 is 48.0 Å². The number of nitrogens with one attached hydrogen (secondary N) is 1. The van der Waals surface area contributed by atoms with Crippen LogP contribution in [0.4, 0.5) is 11.4 Å². The van der Waals surface area contributed by atoms with E-state index in [1.165, 1.54) is 52.7 Å². The standard InChI is InChI=1S/C23H22N2O10/c1-31-13-8-6-12-15(18(13)33-3)24-21(28)23(12,30)22(29)35-10-9-25-16-11(17(26)20(25)27)5-7-14(32-2)19(16)34-4/h5-8,30H,9-10H2,1-4H3,(H,24,28). The van der Waals surface area contributed by atoms with E-state index in [2.05, 4.69) is 5.32 Å². The van der Waals surface area contributed by atoms with Crippen molar-refractivity contribution in [1.29, 1.82) is 0 Å². The highest BCUT2D eigenvalue weighted by atomic mass is 16.6. The zero-order valence-corrected chi connectivity index (χ0v) is 19.3. The lowest BCUT2D eigenvalue weighted by atomic mass is 9.95. The molecule has 0 saturated heterocycles. The molecule has 2 aromatic rings. The van der Waals surface area contributed by atoms with E-state index in [-0.39, 0.29) is 46.3 Å². The fourth-order valence-corrected chi connectivity index (χ4v) is 4.13. The first kappa shape index (κ1) is 23.8. The summed E-state index contributed by atoms with van der Waals surface area (Å²) < 4.78 is 26.2. The minimum atomic E-state index is -2.65. The van der Waals surface area contributed by atoms with Crippen molar-refractivity contribution in [3.8, 4) is 23.0 Å². The number of ketones is 1. The minimum Gasteiger partial charge on any atom is -0.493 e. The summed E-state index contributed by atoms with van der Waals surface area (Å²) in [6, 6.07) is 5.71. The average molecular weight is 486 g/mol. The lowest BCUT2D eigenvalue weighted by Crippen LogP contribution is -2.44. The fourth-order valence-electron chi connectivity index (χ4n) is 4.13. The number of anilines is 2. The molecule has 12 nitrogen and oxygen atoms in total. The van der Waals surface area contributed by atoms with Gasteiger partial charge in [0.25, 0.3) is 23.2 Å². The number of benzene rings is 2. The van der Waals surface area contributed by atoms with E-state index < -0.39 is 35.8 Å². The van der Waals surface area contributed by atoms with E-state index >= 15 is 0 Å². The predicted molar refractivity (Wildman–Crippen MR) is 119 cm³/mol. The number of carbonyl (C=O) groups excluding carboxylic acids is 4. The van der Waals surface area contributed by atoms with Crippen molar-refractivity contribution in [3.63, 3.8) is 0 Å². The van der Waals surface area contributed by atoms with Crippen LogP contribution in [-0.2, 0) is 24.7 Å². The van der Waals surface area contributed by atoms with Gasteiger partial charge in [0.05, 0.1) is 46.2 Å². The second-order valence-electron chi connectivity index (χ2n) is 7.51. The molecule has 0 fully saturated rings. The Morgan fingerprint density at radius 1 is 0.943 bits per heavy atom. The van der Waals surface area contributed by atoms with E-state index in [0.29, 0.717) is 5.75 Å². The predicted octanol–water partition coefficient (Wildman–Crippen LogP) is 0.633. The van der Waals surface area contributed by atoms with Crippen molar-refractivity contribution in [1.82, 2.24) is 0 Å². The van der Waals surface area contributed by atoms with Gasteiger partial charge in [-0.2, -0.15) is 0 Å². The first-order valence-electron chi connectivity index (χ1n) is 10.3. The van der Waals surface area contributed by atoms with Gasteiger partial charge >= 0.3 is 5.97 Å². The van der Waals surface area contributed by atoms with Crippen LogP contribution in [0.5, 0.6) is 23.0 Å². The summed E-state index contributed by atoms with van der Waals surface area (Å²) in [5.74, 6) is -3.03. The highest BCUT2D eigenvalue weighted by Gasteiger charge is 2.55. The zero-order valence-electron chi connectivity index (χ0n) is 19.3. The monoisotopic (exact) mass is 486 g/mol. The number of esters is 1. The first-order chi connectivity index (χ1) is 16.7. The van der Waals surface area contributed by atoms with Crippen molar-refractivity contribution in [2.75, 3.05) is 51.8 Å². The molecule has 0 spiro atoms. The molecule has 2 heterocycles. The molecular formula is C23H22N2O10. The number of ether oxygens (including phenoxy) is 5. The highest BCUT2D eigenvalue weighted by Crippen LogP contribution is 2.47. The Kier molecular flexibility index (Phi) is 5.99. The Balaban J connectivity index is 1.56. The summed E-state index contributed by atoms with van der Waals surface area (Å²) >= 11 is 0. The average Bonchev–Trinajstić information content (AvgIpc) is 3.27. The number of hydrogen-bond acceptors (Lipinski definition) is 10. The van der Waals surface area contributed by atoms with Gasteiger partial charge in [0.2, 0.25) is 0 Å². The zero-order chi connectivity index (χ0) is 25.5. The molecule has 184 valence electrons. The van der Waals surface area contributed by atoms with Crippen molar-refractivity contribution in [2.45, 2.75) is 5.60 Å². The number of amides is 2.